The molecule has 21 heavy (non-hydrogen) atoms. The van der Waals surface area contributed by atoms with E-state index in [-0.39, 0.29) is 17.0 Å². The number of aryl methyl sites for hydroxylation is 1. The minimum Gasteiger partial charge on any atom is -0.438 e. The number of aliphatic hydroxyl groups excluding tert-OH is 1. The van der Waals surface area contributed by atoms with Crippen molar-refractivity contribution in [3.63, 3.8) is 0 Å². The molecule has 0 spiro atoms. The molecule has 0 fully saturated rings. The molecule has 0 radical (unpaired) electrons. The fourth-order valence-corrected chi connectivity index (χ4v) is 2.12. The van der Waals surface area contributed by atoms with Crippen LogP contribution < -0.4 is 10.3 Å². The highest BCUT2D eigenvalue weighted by atomic mass is 16.5. The van der Waals surface area contributed by atoms with Crippen molar-refractivity contribution in [1.82, 2.24) is 9.38 Å². The number of hydrogen-bond acceptors (Lipinski definition) is 4. The molecule has 106 valence electrons. The first kappa shape index (κ1) is 13.3. The van der Waals surface area contributed by atoms with Gasteiger partial charge in [-0.05, 0) is 36.8 Å². The Kier molecular flexibility index (Phi) is 3.41. The molecule has 0 amide bonds. The fraction of sp³-hybridized carbons (Fsp3) is 0.125. The summed E-state index contributed by atoms with van der Waals surface area (Å²) in [4.78, 5) is 16.6. The smallest absolute Gasteiger partial charge is 0.267 e. The second-order valence-electron chi connectivity index (χ2n) is 4.71. The van der Waals surface area contributed by atoms with Crippen LogP contribution in [0, 0.1) is 6.92 Å². The molecular formula is C16H14N2O3. The van der Waals surface area contributed by atoms with E-state index in [0.29, 0.717) is 11.4 Å². The van der Waals surface area contributed by atoms with Crippen molar-refractivity contribution >= 4 is 5.65 Å². The summed E-state index contributed by atoms with van der Waals surface area (Å²) >= 11 is 0. The lowest BCUT2D eigenvalue weighted by Crippen LogP contribution is -2.20. The summed E-state index contributed by atoms with van der Waals surface area (Å²) in [6, 6.07) is 12.7. The molecule has 0 saturated carbocycles. The number of hydrogen-bond donors (Lipinski definition) is 1. The topological polar surface area (TPSA) is 63.8 Å². The van der Waals surface area contributed by atoms with Crippen molar-refractivity contribution < 1.29 is 9.84 Å². The number of ether oxygens (including phenoxy) is 1. The van der Waals surface area contributed by atoms with Crippen molar-refractivity contribution in [2.24, 2.45) is 0 Å². The zero-order chi connectivity index (χ0) is 14.8. The second kappa shape index (κ2) is 5.38. The van der Waals surface area contributed by atoms with Gasteiger partial charge in [0.05, 0.1) is 6.61 Å². The van der Waals surface area contributed by atoms with E-state index in [2.05, 4.69) is 4.98 Å². The van der Waals surface area contributed by atoms with Gasteiger partial charge in [-0.3, -0.25) is 9.20 Å². The van der Waals surface area contributed by atoms with Gasteiger partial charge in [0.1, 0.15) is 17.0 Å². The van der Waals surface area contributed by atoms with Gasteiger partial charge in [-0.25, -0.2) is 0 Å². The number of aliphatic hydroxyl groups is 1. The molecule has 5 nitrogen and oxygen atoms in total. The van der Waals surface area contributed by atoms with Gasteiger partial charge in [0.2, 0.25) is 5.88 Å². The Hall–Kier alpha value is -2.66. The Morgan fingerprint density at radius 3 is 2.86 bits per heavy atom. The van der Waals surface area contributed by atoms with Gasteiger partial charge < -0.3 is 9.84 Å². The van der Waals surface area contributed by atoms with E-state index in [1.807, 2.05) is 25.1 Å². The van der Waals surface area contributed by atoms with Gasteiger partial charge >= 0.3 is 0 Å². The van der Waals surface area contributed by atoms with Crippen LogP contribution in [-0.2, 0) is 6.61 Å². The molecule has 3 rings (SSSR count). The van der Waals surface area contributed by atoms with E-state index in [4.69, 9.17) is 4.74 Å². The molecule has 2 aromatic heterocycles. The molecule has 0 saturated heterocycles. The normalized spacial score (nSPS) is 10.8. The molecule has 0 aliphatic heterocycles. The van der Waals surface area contributed by atoms with Gasteiger partial charge in [0.15, 0.2) is 0 Å². The lowest BCUT2D eigenvalue weighted by atomic mass is 10.2. The van der Waals surface area contributed by atoms with Crippen molar-refractivity contribution in [3.05, 3.63) is 70.1 Å². The van der Waals surface area contributed by atoms with Crippen LogP contribution in [0.2, 0.25) is 0 Å². The second-order valence-corrected chi connectivity index (χ2v) is 4.71. The summed E-state index contributed by atoms with van der Waals surface area (Å²) < 4.78 is 7.07. The molecular weight excluding hydrogens is 268 g/mol. The maximum atomic E-state index is 12.3. The number of benzene rings is 1. The average molecular weight is 282 g/mol. The van der Waals surface area contributed by atoms with Crippen LogP contribution in [0.25, 0.3) is 5.65 Å². The summed E-state index contributed by atoms with van der Waals surface area (Å²) in [5.74, 6) is 0.719. The van der Waals surface area contributed by atoms with E-state index < -0.39 is 6.61 Å². The number of nitrogens with zero attached hydrogens (tertiary/aromatic N) is 2. The van der Waals surface area contributed by atoms with Crippen molar-refractivity contribution in [1.29, 1.82) is 0 Å². The highest BCUT2D eigenvalue weighted by Crippen LogP contribution is 2.22. The molecule has 0 unspecified atom stereocenters. The van der Waals surface area contributed by atoms with Crippen LogP contribution in [0.1, 0.15) is 11.1 Å². The van der Waals surface area contributed by atoms with Gasteiger partial charge in [0.25, 0.3) is 5.56 Å². The minimum atomic E-state index is -0.426. The quantitative estimate of drug-likeness (QED) is 0.800. The van der Waals surface area contributed by atoms with E-state index in [9.17, 15) is 9.90 Å². The molecule has 0 atom stereocenters. The van der Waals surface area contributed by atoms with E-state index in [0.717, 1.165) is 5.56 Å². The predicted octanol–water partition coefficient (Wildman–Crippen LogP) is 2.29. The number of rotatable bonds is 3. The molecule has 0 aliphatic rings. The average Bonchev–Trinajstić information content (AvgIpc) is 2.48. The Balaban J connectivity index is 2.15. The lowest BCUT2D eigenvalue weighted by molar-refractivity contribution is 0.272. The molecule has 2 heterocycles. The highest BCUT2D eigenvalue weighted by Gasteiger charge is 2.13. The van der Waals surface area contributed by atoms with Crippen molar-refractivity contribution in [2.45, 2.75) is 13.5 Å². The van der Waals surface area contributed by atoms with Gasteiger partial charge in [0, 0.05) is 6.20 Å². The van der Waals surface area contributed by atoms with Crippen LogP contribution in [-0.4, -0.2) is 14.5 Å². The van der Waals surface area contributed by atoms with Gasteiger partial charge in [-0.15, -0.1) is 0 Å². The summed E-state index contributed by atoms with van der Waals surface area (Å²) in [6.07, 6.45) is 1.61. The molecule has 1 aromatic carbocycles. The standard InChI is InChI=1S/C16H14N2O3/c1-11-5-4-6-12(9-11)21-15-13(10-19)16(20)18-8-3-2-7-14(18)17-15/h2-9,19H,10H2,1H3. The molecule has 0 bridgehead atoms. The Bertz CT molecular complexity index is 856. The maximum Gasteiger partial charge on any atom is 0.267 e. The summed E-state index contributed by atoms with van der Waals surface area (Å²) in [5, 5.41) is 9.46. The first-order valence-corrected chi connectivity index (χ1v) is 6.54. The zero-order valence-corrected chi connectivity index (χ0v) is 11.5. The largest absolute Gasteiger partial charge is 0.438 e. The Morgan fingerprint density at radius 1 is 1.24 bits per heavy atom. The third kappa shape index (κ3) is 2.51. The van der Waals surface area contributed by atoms with Gasteiger partial charge in [-0.1, -0.05) is 18.2 Å². The van der Waals surface area contributed by atoms with Crippen LogP contribution in [0.3, 0.4) is 0 Å². The zero-order valence-electron chi connectivity index (χ0n) is 11.5. The van der Waals surface area contributed by atoms with Crippen LogP contribution in [0.4, 0.5) is 0 Å². The molecule has 1 N–H and O–H groups in total. The van der Waals surface area contributed by atoms with Crippen LogP contribution in [0.5, 0.6) is 11.6 Å². The maximum absolute atomic E-state index is 12.3. The number of pyridine rings is 1. The SMILES string of the molecule is Cc1cccc(Oc2nc3ccccn3c(=O)c2CO)c1. The van der Waals surface area contributed by atoms with Gasteiger partial charge in [-0.2, -0.15) is 4.98 Å². The third-order valence-electron chi connectivity index (χ3n) is 3.15. The summed E-state index contributed by atoms with van der Waals surface area (Å²) in [6.45, 7) is 1.52. The van der Waals surface area contributed by atoms with E-state index in [1.165, 1.54) is 4.40 Å². The predicted molar refractivity (Wildman–Crippen MR) is 78.6 cm³/mol. The number of aromatic nitrogens is 2. The number of fused-ring (bicyclic) bond motifs is 1. The van der Waals surface area contributed by atoms with Crippen molar-refractivity contribution in [3.8, 4) is 11.6 Å². The van der Waals surface area contributed by atoms with E-state index >= 15 is 0 Å². The monoisotopic (exact) mass is 282 g/mol. The minimum absolute atomic E-state index is 0.138. The lowest BCUT2D eigenvalue weighted by Gasteiger charge is -2.10. The van der Waals surface area contributed by atoms with Crippen LogP contribution in [0.15, 0.2) is 53.5 Å². The molecule has 3 aromatic rings. The Morgan fingerprint density at radius 2 is 2.10 bits per heavy atom. The summed E-state index contributed by atoms with van der Waals surface area (Å²) in [7, 11) is 0. The van der Waals surface area contributed by atoms with Crippen LogP contribution >= 0.6 is 0 Å². The Labute approximate surface area is 121 Å². The molecule has 0 aliphatic carbocycles. The van der Waals surface area contributed by atoms with Crippen molar-refractivity contribution in [2.75, 3.05) is 0 Å². The van der Waals surface area contributed by atoms with E-state index in [1.54, 1.807) is 30.5 Å². The highest BCUT2D eigenvalue weighted by molar-refractivity contribution is 5.44. The fourth-order valence-electron chi connectivity index (χ4n) is 2.12. The molecule has 5 heteroatoms. The third-order valence-corrected chi connectivity index (χ3v) is 3.15. The summed E-state index contributed by atoms with van der Waals surface area (Å²) in [5.41, 5.74) is 1.32. The first-order chi connectivity index (χ1) is 10.2. The first-order valence-electron chi connectivity index (χ1n) is 6.54.